The van der Waals surface area contributed by atoms with Gasteiger partial charge in [0.25, 0.3) is 0 Å². The Kier molecular flexibility index (Phi) is 66.4. The summed E-state index contributed by atoms with van der Waals surface area (Å²) in [6.07, 6.45) is 85.1. The van der Waals surface area contributed by atoms with Gasteiger partial charge in [0.2, 0.25) is 5.91 Å². The van der Waals surface area contributed by atoms with Crippen LogP contribution in [0.3, 0.4) is 0 Å². The van der Waals surface area contributed by atoms with Crippen LogP contribution < -0.4 is 5.32 Å². The Morgan fingerprint density at radius 3 is 0.910 bits per heavy atom. The second-order valence-electron chi connectivity index (χ2n) is 24.6. The molecule has 462 valence electrons. The van der Waals surface area contributed by atoms with Crippen LogP contribution in [0.15, 0.2) is 24.3 Å². The number of carbonyl (C=O) groups is 2. The van der Waals surface area contributed by atoms with Crippen LogP contribution in [0.5, 0.6) is 0 Å². The number of rotatable bonds is 67. The molecule has 3 N–H and O–H groups in total. The summed E-state index contributed by atoms with van der Waals surface area (Å²) in [6, 6.07) is -0.544. The van der Waals surface area contributed by atoms with Crippen LogP contribution in [0.25, 0.3) is 0 Å². The lowest BCUT2D eigenvalue weighted by atomic mass is 10.0. The molecule has 6 nitrogen and oxygen atoms in total. The fourth-order valence-corrected chi connectivity index (χ4v) is 11.3. The second kappa shape index (κ2) is 67.8. The Balaban J connectivity index is 3.39. The maximum Gasteiger partial charge on any atom is 0.305 e. The molecule has 0 aromatic heterocycles. The third-order valence-corrected chi connectivity index (χ3v) is 16.7. The highest BCUT2D eigenvalue weighted by molar-refractivity contribution is 5.76. The zero-order valence-corrected chi connectivity index (χ0v) is 52.9. The van der Waals surface area contributed by atoms with E-state index in [4.69, 9.17) is 4.74 Å². The van der Waals surface area contributed by atoms with E-state index in [1.165, 1.54) is 321 Å². The Morgan fingerprint density at radius 2 is 0.603 bits per heavy atom. The van der Waals surface area contributed by atoms with Gasteiger partial charge in [-0.1, -0.05) is 334 Å². The maximum absolute atomic E-state index is 12.5. The van der Waals surface area contributed by atoms with Crippen molar-refractivity contribution in [1.82, 2.24) is 5.32 Å². The summed E-state index contributed by atoms with van der Waals surface area (Å²) in [4.78, 5) is 24.6. The van der Waals surface area contributed by atoms with E-state index in [2.05, 4.69) is 43.5 Å². The molecule has 0 aliphatic rings. The summed E-state index contributed by atoms with van der Waals surface area (Å²) in [5, 5.41) is 23.4. The number of aliphatic hydroxyl groups excluding tert-OH is 2. The SMILES string of the molecule is CCCCCCCC/C=C\CCCCCCCC(=O)OCCCCCCCCCCCCCC/C=C\CCCCCCCCCCCCC(=O)NC(CO)C(O)CCCCCCCCCCCCCCCCCCCCCC. The van der Waals surface area contributed by atoms with Gasteiger partial charge in [-0.2, -0.15) is 0 Å². The third-order valence-electron chi connectivity index (χ3n) is 16.7. The second-order valence-corrected chi connectivity index (χ2v) is 24.6. The molecule has 0 aromatic carbocycles. The molecular formula is C72H139NO5. The zero-order valence-electron chi connectivity index (χ0n) is 52.9. The van der Waals surface area contributed by atoms with Gasteiger partial charge in [0.05, 0.1) is 25.4 Å². The van der Waals surface area contributed by atoms with Crippen molar-refractivity contribution in [2.45, 2.75) is 411 Å². The van der Waals surface area contributed by atoms with Gasteiger partial charge in [-0.25, -0.2) is 0 Å². The molecule has 0 spiro atoms. The first-order valence-electron chi connectivity index (χ1n) is 35.6. The first kappa shape index (κ1) is 76.3. The Bertz CT molecular complexity index is 1220. The van der Waals surface area contributed by atoms with Crippen molar-refractivity contribution in [3.8, 4) is 0 Å². The monoisotopic (exact) mass is 1100 g/mol. The lowest BCUT2D eigenvalue weighted by molar-refractivity contribution is -0.143. The van der Waals surface area contributed by atoms with Crippen LogP contribution in [0.1, 0.15) is 399 Å². The highest BCUT2D eigenvalue weighted by atomic mass is 16.5. The van der Waals surface area contributed by atoms with Crippen LogP contribution >= 0.6 is 0 Å². The van der Waals surface area contributed by atoms with E-state index in [1.807, 2.05) is 0 Å². The van der Waals surface area contributed by atoms with E-state index >= 15 is 0 Å². The van der Waals surface area contributed by atoms with E-state index in [-0.39, 0.29) is 18.5 Å². The Morgan fingerprint density at radius 1 is 0.346 bits per heavy atom. The summed E-state index contributed by atoms with van der Waals surface area (Å²) >= 11 is 0. The van der Waals surface area contributed by atoms with Gasteiger partial charge in [-0.05, 0) is 77.0 Å². The van der Waals surface area contributed by atoms with Crippen molar-refractivity contribution in [2.24, 2.45) is 0 Å². The van der Waals surface area contributed by atoms with Gasteiger partial charge in [0.1, 0.15) is 0 Å². The molecule has 0 aliphatic carbocycles. The average molecular weight is 1100 g/mol. The van der Waals surface area contributed by atoms with Crippen LogP contribution in [0, 0.1) is 0 Å². The minimum absolute atomic E-state index is 0.00721. The molecule has 0 aliphatic heterocycles. The van der Waals surface area contributed by atoms with Gasteiger partial charge >= 0.3 is 5.97 Å². The molecule has 0 saturated carbocycles. The van der Waals surface area contributed by atoms with Crippen molar-refractivity contribution in [3.63, 3.8) is 0 Å². The van der Waals surface area contributed by atoms with Gasteiger partial charge in [-0.15, -0.1) is 0 Å². The van der Waals surface area contributed by atoms with Crippen LogP contribution in [-0.2, 0) is 14.3 Å². The molecule has 0 fully saturated rings. The van der Waals surface area contributed by atoms with Gasteiger partial charge in [-0.3, -0.25) is 9.59 Å². The number of amides is 1. The van der Waals surface area contributed by atoms with E-state index in [0.29, 0.717) is 25.9 Å². The summed E-state index contributed by atoms with van der Waals surface area (Å²) < 4.78 is 5.49. The number of hydrogen-bond donors (Lipinski definition) is 3. The predicted molar refractivity (Wildman–Crippen MR) is 343 cm³/mol. The number of carbonyl (C=O) groups excluding carboxylic acids is 2. The van der Waals surface area contributed by atoms with Gasteiger partial charge in [0, 0.05) is 12.8 Å². The molecule has 2 atom stereocenters. The average Bonchev–Trinajstić information content (AvgIpc) is 3.44. The Labute approximate surface area is 488 Å². The normalized spacial score (nSPS) is 12.6. The lowest BCUT2D eigenvalue weighted by Crippen LogP contribution is -2.45. The maximum atomic E-state index is 12.5. The van der Waals surface area contributed by atoms with Crippen molar-refractivity contribution < 1.29 is 24.5 Å². The van der Waals surface area contributed by atoms with E-state index in [0.717, 1.165) is 44.9 Å². The molecule has 78 heavy (non-hydrogen) atoms. The molecule has 0 saturated heterocycles. The highest BCUT2D eigenvalue weighted by Crippen LogP contribution is 2.19. The number of esters is 1. The van der Waals surface area contributed by atoms with Crippen molar-refractivity contribution >= 4 is 11.9 Å². The van der Waals surface area contributed by atoms with Crippen LogP contribution in [-0.4, -0.2) is 47.4 Å². The first-order chi connectivity index (χ1) is 38.5. The summed E-state index contributed by atoms with van der Waals surface area (Å²) in [5.74, 6) is -0.0255. The molecular weight excluding hydrogens is 959 g/mol. The largest absolute Gasteiger partial charge is 0.466 e. The Hall–Kier alpha value is -1.66. The molecule has 0 bridgehead atoms. The number of ether oxygens (including phenoxy) is 1. The van der Waals surface area contributed by atoms with Gasteiger partial charge in [0.15, 0.2) is 0 Å². The topological polar surface area (TPSA) is 95.9 Å². The number of nitrogens with one attached hydrogen (secondary N) is 1. The molecule has 6 heteroatoms. The highest BCUT2D eigenvalue weighted by Gasteiger charge is 2.20. The number of unbranched alkanes of at least 4 members (excludes halogenated alkanes) is 52. The van der Waals surface area contributed by atoms with Crippen LogP contribution in [0.4, 0.5) is 0 Å². The quantitative estimate of drug-likeness (QED) is 0.0320. The number of allylic oxidation sites excluding steroid dienone is 4. The standard InChI is InChI=1S/C72H139NO5/c1-3-5-7-9-11-13-15-17-19-20-21-30-33-37-40-44-48-52-56-60-64-70(75)69(68-74)73-71(76)65-61-57-53-49-45-41-38-34-31-28-26-24-22-23-25-27-29-32-35-39-43-47-51-55-59-63-67-78-72(77)66-62-58-54-50-46-42-36-18-16-14-12-10-8-6-4-2/h18,22,24,36,69-70,74-75H,3-17,19-21,23,25-35,37-68H2,1-2H3,(H,73,76)/b24-22-,36-18-. The van der Waals surface area contributed by atoms with Gasteiger partial charge < -0.3 is 20.3 Å². The number of hydrogen-bond acceptors (Lipinski definition) is 5. The smallest absolute Gasteiger partial charge is 0.305 e. The minimum atomic E-state index is -0.666. The molecule has 0 aromatic rings. The minimum Gasteiger partial charge on any atom is -0.466 e. The zero-order chi connectivity index (χ0) is 56.4. The lowest BCUT2D eigenvalue weighted by Gasteiger charge is -2.22. The molecule has 0 radical (unpaired) electrons. The van der Waals surface area contributed by atoms with E-state index in [9.17, 15) is 19.8 Å². The third kappa shape index (κ3) is 63.5. The van der Waals surface area contributed by atoms with Crippen molar-refractivity contribution in [2.75, 3.05) is 13.2 Å². The first-order valence-corrected chi connectivity index (χ1v) is 35.6. The van der Waals surface area contributed by atoms with Crippen molar-refractivity contribution in [3.05, 3.63) is 24.3 Å². The summed E-state index contributed by atoms with van der Waals surface area (Å²) in [5.41, 5.74) is 0. The van der Waals surface area contributed by atoms with Crippen molar-refractivity contribution in [1.29, 1.82) is 0 Å². The summed E-state index contributed by atoms with van der Waals surface area (Å²) in [7, 11) is 0. The number of aliphatic hydroxyl groups is 2. The molecule has 2 unspecified atom stereocenters. The molecule has 0 rings (SSSR count). The van der Waals surface area contributed by atoms with Crippen LogP contribution in [0.2, 0.25) is 0 Å². The molecule has 1 amide bonds. The molecule has 0 heterocycles. The fraction of sp³-hybridized carbons (Fsp3) is 0.917. The van der Waals surface area contributed by atoms with E-state index in [1.54, 1.807) is 0 Å². The predicted octanol–water partition coefficient (Wildman–Crippen LogP) is 22.9. The fourth-order valence-electron chi connectivity index (χ4n) is 11.3. The van der Waals surface area contributed by atoms with E-state index < -0.39 is 12.1 Å². The summed E-state index contributed by atoms with van der Waals surface area (Å²) in [6.45, 7) is 4.98.